The number of amides is 1. The van der Waals surface area contributed by atoms with E-state index in [0.717, 1.165) is 34.4 Å². The number of nitrogens with zero attached hydrogens (tertiary/aromatic N) is 1. The van der Waals surface area contributed by atoms with E-state index >= 15 is 0 Å². The first-order chi connectivity index (χ1) is 17.7. The van der Waals surface area contributed by atoms with Crippen molar-refractivity contribution in [3.8, 4) is 0 Å². The van der Waals surface area contributed by atoms with Crippen LogP contribution in [0.25, 0.3) is 5.57 Å². The number of hydrogen-bond donors (Lipinski definition) is 1. The van der Waals surface area contributed by atoms with Gasteiger partial charge in [-0.25, -0.2) is 4.79 Å². The Bertz CT molecular complexity index is 1290. The lowest BCUT2D eigenvalue weighted by Crippen LogP contribution is -2.44. The molecule has 1 N–H and O–H groups in total. The van der Waals surface area contributed by atoms with Gasteiger partial charge in [-0.2, -0.15) is 0 Å². The van der Waals surface area contributed by atoms with Gasteiger partial charge in [0.1, 0.15) is 0 Å². The molecule has 0 radical (unpaired) electrons. The highest BCUT2D eigenvalue weighted by molar-refractivity contribution is 5.90. The Labute approximate surface area is 227 Å². The van der Waals surface area contributed by atoms with Gasteiger partial charge in [-0.05, 0) is 94.1 Å². The number of carbonyl (C=O) groups is 2. The van der Waals surface area contributed by atoms with Crippen LogP contribution >= 0.6 is 0 Å². The van der Waals surface area contributed by atoms with Crippen LogP contribution in [0.2, 0.25) is 0 Å². The molecule has 1 aliphatic heterocycles. The van der Waals surface area contributed by atoms with Gasteiger partial charge < -0.3 is 14.7 Å². The lowest BCUT2D eigenvalue weighted by atomic mass is 9.65. The normalized spacial score (nSPS) is 25.2. The third kappa shape index (κ3) is 5.18. The van der Waals surface area contributed by atoms with E-state index in [1.54, 1.807) is 4.90 Å². The van der Waals surface area contributed by atoms with E-state index in [9.17, 15) is 14.7 Å². The van der Waals surface area contributed by atoms with Crippen molar-refractivity contribution >= 4 is 17.4 Å². The molecule has 0 bridgehead atoms. The Balaban J connectivity index is 2.07. The molecule has 3 aliphatic rings. The van der Waals surface area contributed by atoms with E-state index in [4.69, 9.17) is 4.74 Å². The summed E-state index contributed by atoms with van der Waals surface area (Å²) >= 11 is 0. The number of aryl methyl sites for hydroxylation is 2. The molecule has 5 heteroatoms. The zero-order chi connectivity index (χ0) is 28.1. The molecule has 1 aromatic rings. The molecule has 0 fully saturated rings. The van der Waals surface area contributed by atoms with Gasteiger partial charge in [0, 0.05) is 30.7 Å². The number of aliphatic carboxylic acids is 1. The van der Waals surface area contributed by atoms with Crippen molar-refractivity contribution in [2.75, 3.05) is 7.05 Å². The predicted octanol–water partition coefficient (Wildman–Crippen LogP) is 7.01. The maximum Gasteiger partial charge on any atom is 0.337 e. The van der Waals surface area contributed by atoms with E-state index in [2.05, 4.69) is 65.0 Å². The van der Waals surface area contributed by atoms with Crippen molar-refractivity contribution in [3.63, 3.8) is 0 Å². The Hall–Kier alpha value is -2.92. The summed E-state index contributed by atoms with van der Waals surface area (Å²) in [6.45, 7) is 16.5. The van der Waals surface area contributed by atoms with Gasteiger partial charge in [-0.15, -0.1) is 0 Å². The number of carboxylic acids is 1. The van der Waals surface area contributed by atoms with Crippen molar-refractivity contribution in [2.24, 2.45) is 17.8 Å². The lowest BCUT2D eigenvalue weighted by molar-refractivity contribution is -0.155. The third-order valence-corrected chi connectivity index (χ3v) is 8.55. The van der Waals surface area contributed by atoms with Crippen LogP contribution in [-0.4, -0.2) is 40.6 Å². The molecule has 3 unspecified atom stereocenters. The molecule has 0 spiro atoms. The summed E-state index contributed by atoms with van der Waals surface area (Å²) in [6, 6.07) is 6.41. The van der Waals surface area contributed by atoms with Crippen molar-refractivity contribution in [1.29, 1.82) is 0 Å². The molecular formula is C33H43NO4. The molecular weight excluding hydrogens is 474 g/mol. The van der Waals surface area contributed by atoms with Gasteiger partial charge in [-0.3, -0.25) is 4.79 Å². The summed E-state index contributed by atoms with van der Waals surface area (Å²) in [5.41, 5.74) is 9.05. The highest BCUT2D eigenvalue weighted by Crippen LogP contribution is 2.53. The number of carbonyl (C=O) groups excluding carboxylic acids is 1. The minimum absolute atomic E-state index is 0.0181. The van der Waals surface area contributed by atoms with Gasteiger partial charge in [0.05, 0.1) is 5.60 Å². The zero-order valence-corrected chi connectivity index (χ0v) is 24.4. The van der Waals surface area contributed by atoms with Crippen LogP contribution in [-0.2, 0) is 14.3 Å². The monoisotopic (exact) mass is 517 g/mol. The summed E-state index contributed by atoms with van der Waals surface area (Å²) in [5, 5.41) is 10.5. The van der Waals surface area contributed by atoms with Gasteiger partial charge in [-0.1, -0.05) is 55.3 Å². The predicted molar refractivity (Wildman–Crippen MR) is 152 cm³/mol. The maximum atomic E-state index is 13.1. The standard InChI is InChI=1S/C33H43NO4/c1-18-10-12-23(16-20(18)3)27-22(5)28(24-13-11-19(2)21(4)17-24)30-25(14-15-26(35)34(30)9)29(27)31(32(36)37)38-33(6,7)8/h10-13,16,21-22,28,31H,14-15,17H2,1-9H3,(H,36,37)/t21?,22?,28?,31-/m0/s1. The molecule has 204 valence electrons. The Kier molecular flexibility index (Phi) is 7.64. The van der Waals surface area contributed by atoms with Gasteiger partial charge in [0.25, 0.3) is 0 Å². The van der Waals surface area contributed by atoms with Crippen molar-refractivity contribution in [3.05, 3.63) is 75.0 Å². The van der Waals surface area contributed by atoms with E-state index in [1.165, 1.54) is 22.3 Å². The van der Waals surface area contributed by atoms with Crippen LogP contribution in [0.15, 0.2) is 58.3 Å². The summed E-state index contributed by atoms with van der Waals surface area (Å²) in [5.74, 6) is -0.570. The lowest BCUT2D eigenvalue weighted by Gasteiger charge is -2.46. The second-order valence-corrected chi connectivity index (χ2v) is 12.4. The van der Waals surface area contributed by atoms with Crippen LogP contribution in [0.3, 0.4) is 0 Å². The summed E-state index contributed by atoms with van der Waals surface area (Å²) < 4.78 is 6.30. The van der Waals surface area contributed by atoms with E-state index < -0.39 is 17.7 Å². The molecule has 4 atom stereocenters. The van der Waals surface area contributed by atoms with Crippen molar-refractivity contribution in [2.45, 2.75) is 86.4 Å². The molecule has 4 rings (SSSR count). The Morgan fingerprint density at radius 1 is 1.08 bits per heavy atom. The highest BCUT2D eigenvalue weighted by atomic mass is 16.5. The second-order valence-electron chi connectivity index (χ2n) is 12.4. The molecule has 1 amide bonds. The summed E-state index contributed by atoms with van der Waals surface area (Å²) in [6.07, 6.45) is 5.10. The van der Waals surface area contributed by atoms with Crippen molar-refractivity contribution < 1.29 is 19.4 Å². The largest absolute Gasteiger partial charge is 0.479 e. The van der Waals surface area contributed by atoms with E-state index in [-0.39, 0.29) is 17.7 Å². The fourth-order valence-corrected chi connectivity index (χ4v) is 6.27. The van der Waals surface area contributed by atoms with Gasteiger partial charge in [0.2, 0.25) is 5.91 Å². The first-order valence-corrected chi connectivity index (χ1v) is 13.8. The number of allylic oxidation sites excluding steroid dienone is 5. The molecule has 1 aromatic carbocycles. The topological polar surface area (TPSA) is 66.8 Å². The smallest absolute Gasteiger partial charge is 0.337 e. The van der Waals surface area contributed by atoms with Crippen LogP contribution in [0.1, 0.15) is 77.5 Å². The molecule has 0 aromatic heterocycles. The highest BCUT2D eigenvalue weighted by Gasteiger charge is 2.46. The van der Waals surface area contributed by atoms with Crippen LogP contribution in [0, 0.1) is 31.6 Å². The fraction of sp³-hybridized carbons (Fsp3) is 0.515. The van der Waals surface area contributed by atoms with E-state index in [1.807, 2.05) is 27.8 Å². The molecule has 5 nitrogen and oxygen atoms in total. The van der Waals surface area contributed by atoms with Gasteiger partial charge >= 0.3 is 5.97 Å². The summed E-state index contributed by atoms with van der Waals surface area (Å²) in [4.78, 5) is 27.7. The van der Waals surface area contributed by atoms with Crippen molar-refractivity contribution in [1.82, 2.24) is 4.90 Å². The summed E-state index contributed by atoms with van der Waals surface area (Å²) in [7, 11) is 1.85. The average Bonchev–Trinajstić information content (AvgIpc) is 2.82. The third-order valence-electron chi connectivity index (χ3n) is 8.55. The Morgan fingerprint density at radius 3 is 2.34 bits per heavy atom. The molecule has 38 heavy (non-hydrogen) atoms. The number of hydrogen-bond acceptors (Lipinski definition) is 3. The number of benzene rings is 1. The van der Waals surface area contributed by atoms with E-state index in [0.29, 0.717) is 18.8 Å². The minimum Gasteiger partial charge on any atom is -0.479 e. The fourth-order valence-electron chi connectivity index (χ4n) is 6.27. The Morgan fingerprint density at radius 2 is 1.76 bits per heavy atom. The number of carboxylic acid groups (broad SMARTS) is 1. The zero-order valence-electron chi connectivity index (χ0n) is 24.4. The van der Waals surface area contributed by atoms with Crippen LogP contribution < -0.4 is 0 Å². The average molecular weight is 518 g/mol. The van der Waals surface area contributed by atoms with Crippen LogP contribution in [0.4, 0.5) is 0 Å². The minimum atomic E-state index is -1.14. The molecule has 0 saturated heterocycles. The number of rotatable bonds is 5. The SMILES string of the molecule is CC1=CC=C(C2C3=C(CCC(=O)N3C)C([C@H](OC(C)(C)C)C(=O)O)=C(c3ccc(C)c(C)c3)C2C)CC1C. The molecule has 1 heterocycles. The van der Waals surface area contributed by atoms with Crippen LogP contribution in [0.5, 0.6) is 0 Å². The molecule has 2 aliphatic carbocycles. The second kappa shape index (κ2) is 10.3. The quantitative estimate of drug-likeness (QED) is 0.456. The number of ether oxygens (including phenoxy) is 1. The molecule has 0 saturated carbocycles. The first kappa shape index (κ1) is 28.1. The van der Waals surface area contributed by atoms with Gasteiger partial charge in [0.15, 0.2) is 6.10 Å². The first-order valence-electron chi connectivity index (χ1n) is 13.8. The maximum absolute atomic E-state index is 13.1.